The van der Waals surface area contributed by atoms with Crippen molar-refractivity contribution in [2.45, 2.75) is 51.7 Å². The summed E-state index contributed by atoms with van der Waals surface area (Å²) in [5.41, 5.74) is 0. The van der Waals surface area contributed by atoms with E-state index in [-0.39, 0.29) is 29.9 Å². The monoisotopic (exact) mass is 224 g/mol. The highest BCUT2D eigenvalue weighted by molar-refractivity contribution is 5.96. The Labute approximate surface area is 96.7 Å². The molecule has 4 heteroatoms. The Hall–Kier alpha value is -1.32. The van der Waals surface area contributed by atoms with Crippen molar-refractivity contribution in [2.24, 2.45) is 0 Å². The second-order valence-corrected chi connectivity index (χ2v) is 4.26. The Bertz CT molecular complexity index is 301. The summed E-state index contributed by atoms with van der Waals surface area (Å²) in [5.74, 6) is -0.0497. The van der Waals surface area contributed by atoms with E-state index >= 15 is 0 Å². The van der Waals surface area contributed by atoms with E-state index in [1.165, 1.54) is 0 Å². The van der Waals surface area contributed by atoms with Crippen LogP contribution in [0.25, 0.3) is 0 Å². The van der Waals surface area contributed by atoms with Crippen molar-refractivity contribution in [3.63, 3.8) is 0 Å². The second-order valence-electron chi connectivity index (χ2n) is 4.26. The molecule has 1 saturated heterocycles. The molecule has 16 heavy (non-hydrogen) atoms. The van der Waals surface area contributed by atoms with E-state index in [4.69, 9.17) is 0 Å². The number of carbonyl (C=O) groups is 2. The third kappa shape index (κ3) is 2.26. The van der Waals surface area contributed by atoms with Gasteiger partial charge < -0.3 is 10.2 Å². The van der Waals surface area contributed by atoms with Crippen molar-refractivity contribution >= 4 is 11.8 Å². The zero-order chi connectivity index (χ0) is 12.3. The zero-order valence-corrected chi connectivity index (χ0v) is 10.2. The highest BCUT2D eigenvalue weighted by Gasteiger charge is 2.38. The molecule has 3 unspecified atom stereocenters. The van der Waals surface area contributed by atoms with Gasteiger partial charge in [-0.05, 0) is 26.7 Å². The van der Waals surface area contributed by atoms with E-state index in [0.717, 1.165) is 0 Å². The van der Waals surface area contributed by atoms with E-state index in [1.54, 1.807) is 17.9 Å². The van der Waals surface area contributed by atoms with Crippen LogP contribution in [0.15, 0.2) is 12.7 Å². The van der Waals surface area contributed by atoms with Crippen molar-refractivity contribution in [2.75, 3.05) is 0 Å². The highest BCUT2D eigenvalue weighted by atomic mass is 16.2. The largest absolute Gasteiger partial charge is 0.343 e. The molecule has 0 aliphatic carbocycles. The maximum Gasteiger partial charge on any atom is 0.246 e. The standard InChI is InChI=1S/C12H20N2O2/c1-5-7-8(3)14-9(4)11(15)13-10(6-2)12(14)16/h5,8-10H,1,6-7H2,2-4H3,(H,13,15). The van der Waals surface area contributed by atoms with Crippen LogP contribution >= 0.6 is 0 Å². The molecule has 1 N–H and O–H groups in total. The maximum atomic E-state index is 12.1. The van der Waals surface area contributed by atoms with E-state index in [0.29, 0.717) is 12.8 Å². The number of piperazine rings is 1. The van der Waals surface area contributed by atoms with E-state index in [9.17, 15) is 9.59 Å². The summed E-state index contributed by atoms with van der Waals surface area (Å²) >= 11 is 0. The van der Waals surface area contributed by atoms with E-state index in [1.807, 2.05) is 13.8 Å². The van der Waals surface area contributed by atoms with Crippen molar-refractivity contribution in [3.05, 3.63) is 12.7 Å². The van der Waals surface area contributed by atoms with Crippen LogP contribution in [-0.4, -0.2) is 34.8 Å². The van der Waals surface area contributed by atoms with Gasteiger partial charge in [-0.25, -0.2) is 0 Å². The molecule has 0 aromatic carbocycles. The number of nitrogens with one attached hydrogen (secondary N) is 1. The molecule has 1 aliphatic rings. The molecule has 0 radical (unpaired) electrons. The lowest BCUT2D eigenvalue weighted by Gasteiger charge is -2.40. The molecular formula is C12H20N2O2. The molecule has 1 fully saturated rings. The molecule has 4 nitrogen and oxygen atoms in total. The topological polar surface area (TPSA) is 49.4 Å². The number of amides is 2. The second kappa shape index (κ2) is 5.14. The smallest absolute Gasteiger partial charge is 0.246 e. The Morgan fingerprint density at radius 1 is 1.56 bits per heavy atom. The first-order chi connectivity index (χ1) is 7.52. The molecule has 0 bridgehead atoms. The maximum absolute atomic E-state index is 12.1. The third-order valence-corrected chi connectivity index (χ3v) is 3.06. The van der Waals surface area contributed by atoms with Crippen LogP contribution in [0.5, 0.6) is 0 Å². The average molecular weight is 224 g/mol. The zero-order valence-electron chi connectivity index (χ0n) is 10.2. The molecule has 2 amide bonds. The molecule has 3 atom stereocenters. The lowest BCUT2D eigenvalue weighted by atomic mass is 10.0. The van der Waals surface area contributed by atoms with Gasteiger partial charge >= 0.3 is 0 Å². The van der Waals surface area contributed by atoms with Crippen LogP contribution in [0.2, 0.25) is 0 Å². The van der Waals surface area contributed by atoms with Gasteiger partial charge in [0.1, 0.15) is 12.1 Å². The summed E-state index contributed by atoms with van der Waals surface area (Å²) in [4.78, 5) is 25.5. The lowest BCUT2D eigenvalue weighted by molar-refractivity contribution is -0.151. The van der Waals surface area contributed by atoms with Crippen LogP contribution in [0, 0.1) is 0 Å². The number of carbonyl (C=O) groups excluding carboxylic acids is 2. The Balaban J connectivity index is 2.88. The van der Waals surface area contributed by atoms with Crippen LogP contribution in [-0.2, 0) is 9.59 Å². The van der Waals surface area contributed by atoms with Gasteiger partial charge in [-0.1, -0.05) is 13.0 Å². The molecule has 0 aromatic heterocycles. The van der Waals surface area contributed by atoms with Gasteiger partial charge in [0.15, 0.2) is 0 Å². The van der Waals surface area contributed by atoms with Gasteiger partial charge in [0.2, 0.25) is 11.8 Å². The molecule has 1 heterocycles. The van der Waals surface area contributed by atoms with Gasteiger partial charge in [0, 0.05) is 6.04 Å². The summed E-state index contributed by atoms with van der Waals surface area (Å²) in [6.45, 7) is 9.27. The fourth-order valence-corrected chi connectivity index (χ4v) is 2.08. The van der Waals surface area contributed by atoms with Crippen molar-refractivity contribution in [1.82, 2.24) is 10.2 Å². The minimum Gasteiger partial charge on any atom is -0.343 e. The Morgan fingerprint density at radius 3 is 2.69 bits per heavy atom. The average Bonchev–Trinajstić information content (AvgIpc) is 2.24. The van der Waals surface area contributed by atoms with Gasteiger partial charge in [-0.2, -0.15) is 0 Å². The normalized spacial score (nSPS) is 27.6. The summed E-state index contributed by atoms with van der Waals surface area (Å²) in [7, 11) is 0. The Kier molecular flexibility index (Phi) is 4.10. The molecule has 0 spiro atoms. The molecular weight excluding hydrogens is 204 g/mol. The third-order valence-electron chi connectivity index (χ3n) is 3.06. The predicted octanol–water partition coefficient (Wildman–Crippen LogP) is 1.08. The minimum atomic E-state index is -0.384. The highest BCUT2D eigenvalue weighted by Crippen LogP contribution is 2.17. The van der Waals surface area contributed by atoms with E-state index < -0.39 is 0 Å². The fraction of sp³-hybridized carbons (Fsp3) is 0.667. The van der Waals surface area contributed by atoms with Crippen LogP contribution < -0.4 is 5.32 Å². The first-order valence-electron chi connectivity index (χ1n) is 5.76. The van der Waals surface area contributed by atoms with Gasteiger partial charge in [0.25, 0.3) is 0 Å². The number of rotatable bonds is 4. The molecule has 0 aromatic rings. The summed E-state index contributed by atoms with van der Waals surface area (Å²) in [6, 6.07) is -0.721. The van der Waals surface area contributed by atoms with Crippen LogP contribution in [0.3, 0.4) is 0 Å². The summed E-state index contributed by atoms with van der Waals surface area (Å²) in [6.07, 6.45) is 3.12. The lowest BCUT2D eigenvalue weighted by Crippen LogP contribution is -2.64. The first-order valence-corrected chi connectivity index (χ1v) is 5.76. The summed E-state index contributed by atoms with van der Waals surface area (Å²) in [5, 5.41) is 2.74. The number of nitrogens with zero attached hydrogens (tertiary/aromatic N) is 1. The van der Waals surface area contributed by atoms with Crippen molar-refractivity contribution in [3.8, 4) is 0 Å². The molecule has 0 saturated carbocycles. The summed E-state index contributed by atoms with van der Waals surface area (Å²) < 4.78 is 0. The fourth-order valence-electron chi connectivity index (χ4n) is 2.08. The van der Waals surface area contributed by atoms with E-state index in [2.05, 4.69) is 11.9 Å². The quantitative estimate of drug-likeness (QED) is 0.726. The number of hydrogen-bond donors (Lipinski definition) is 1. The van der Waals surface area contributed by atoms with Crippen molar-refractivity contribution < 1.29 is 9.59 Å². The SMILES string of the molecule is C=CCC(C)N1C(=O)C(CC)NC(=O)C1C. The van der Waals surface area contributed by atoms with Gasteiger partial charge in [-0.3, -0.25) is 9.59 Å². The van der Waals surface area contributed by atoms with Gasteiger partial charge in [0.05, 0.1) is 0 Å². The van der Waals surface area contributed by atoms with Gasteiger partial charge in [-0.15, -0.1) is 6.58 Å². The van der Waals surface area contributed by atoms with Crippen molar-refractivity contribution in [1.29, 1.82) is 0 Å². The van der Waals surface area contributed by atoms with Crippen LogP contribution in [0.4, 0.5) is 0 Å². The predicted molar refractivity (Wildman–Crippen MR) is 62.8 cm³/mol. The minimum absolute atomic E-state index is 0.0175. The molecule has 1 aliphatic heterocycles. The first kappa shape index (κ1) is 12.7. The Morgan fingerprint density at radius 2 is 2.19 bits per heavy atom. The number of hydrogen-bond acceptors (Lipinski definition) is 2. The molecule has 90 valence electrons. The van der Waals surface area contributed by atoms with Crippen LogP contribution in [0.1, 0.15) is 33.6 Å². The molecule has 1 rings (SSSR count).